The molecule has 3 N–H and O–H groups in total. The average Bonchev–Trinajstić information content (AvgIpc) is 2.87. The van der Waals surface area contributed by atoms with Gasteiger partial charge >= 0.3 is 0 Å². The Kier molecular flexibility index (Phi) is 7.69. The Labute approximate surface area is 114 Å². The molecule has 0 aliphatic carbocycles. The van der Waals surface area contributed by atoms with Crippen molar-refractivity contribution in [2.75, 3.05) is 6.54 Å². The maximum absolute atomic E-state index is 11.7. The molecule has 1 atom stereocenters. The van der Waals surface area contributed by atoms with Crippen molar-refractivity contribution in [2.45, 2.75) is 45.6 Å². The van der Waals surface area contributed by atoms with E-state index >= 15 is 0 Å². The summed E-state index contributed by atoms with van der Waals surface area (Å²) >= 11 is 1.66. The quantitative estimate of drug-likeness (QED) is 0.723. The molecule has 1 heterocycles. The number of nitrogens with one attached hydrogen (secondary N) is 1. The largest absolute Gasteiger partial charge is 0.352 e. The van der Waals surface area contributed by atoms with Crippen molar-refractivity contribution in [3.05, 3.63) is 22.4 Å². The van der Waals surface area contributed by atoms with Crippen LogP contribution in [-0.2, 0) is 11.3 Å². The van der Waals surface area contributed by atoms with Crippen LogP contribution in [-0.4, -0.2) is 12.5 Å². The van der Waals surface area contributed by atoms with Crippen molar-refractivity contribution in [2.24, 2.45) is 11.7 Å². The summed E-state index contributed by atoms with van der Waals surface area (Å²) in [5, 5.41) is 7.05. The Morgan fingerprint density at radius 3 is 2.89 bits per heavy atom. The van der Waals surface area contributed by atoms with Gasteiger partial charge in [0.1, 0.15) is 0 Å². The molecule has 0 aromatic carbocycles. The van der Waals surface area contributed by atoms with Gasteiger partial charge < -0.3 is 11.1 Å². The van der Waals surface area contributed by atoms with E-state index in [2.05, 4.69) is 17.6 Å². The standard InChI is InChI=1S/C14H24N2OS/c1-2-3-12(6-8-15)4-5-14(17)16-10-13-7-9-18-11-13/h7,9,11-12H,2-6,8,10,15H2,1H3,(H,16,17). The normalized spacial score (nSPS) is 12.3. The fourth-order valence-corrected chi connectivity index (χ4v) is 2.76. The maximum Gasteiger partial charge on any atom is 0.220 e. The summed E-state index contributed by atoms with van der Waals surface area (Å²) in [6, 6.07) is 2.04. The predicted octanol–water partition coefficient (Wildman–Crippen LogP) is 2.91. The zero-order valence-electron chi connectivity index (χ0n) is 11.2. The highest BCUT2D eigenvalue weighted by Crippen LogP contribution is 2.16. The summed E-state index contributed by atoms with van der Waals surface area (Å²) in [7, 11) is 0. The number of rotatable bonds is 9. The molecule has 1 rings (SSSR count). The summed E-state index contributed by atoms with van der Waals surface area (Å²) < 4.78 is 0. The second kappa shape index (κ2) is 9.11. The van der Waals surface area contributed by atoms with Crippen molar-refractivity contribution < 1.29 is 4.79 Å². The first-order valence-corrected chi connectivity index (χ1v) is 7.68. The topological polar surface area (TPSA) is 55.1 Å². The highest BCUT2D eigenvalue weighted by molar-refractivity contribution is 7.07. The van der Waals surface area contributed by atoms with E-state index in [-0.39, 0.29) is 5.91 Å². The third kappa shape index (κ3) is 6.17. The van der Waals surface area contributed by atoms with Gasteiger partial charge in [0, 0.05) is 13.0 Å². The van der Waals surface area contributed by atoms with Gasteiger partial charge in [0.15, 0.2) is 0 Å². The van der Waals surface area contributed by atoms with E-state index in [1.807, 2.05) is 11.4 Å². The lowest BCUT2D eigenvalue weighted by Crippen LogP contribution is -2.23. The van der Waals surface area contributed by atoms with E-state index in [1.54, 1.807) is 11.3 Å². The van der Waals surface area contributed by atoms with Gasteiger partial charge in [-0.1, -0.05) is 19.8 Å². The van der Waals surface area contributed by atoms with Gasteiger partial charge in [-0.3, -0.25) is 4.79 Å². The Bertz CT molecular complexity index is 319. The van der Waals surface area contributed by atoms with E-state index in [0.29, 0.717) is 18.9 Å². The first-order valence-electron chi connectivity index (χ1n) is 6.74. The minimum absolute atomic E-state index is 0.152. The number of amides is 1. The number of nitrogens with two attached hydrogens (primary N) is 1. The number of hydrogen-bond acceptors (Lipinski definition) is 3. The number of thiophene rings is 1. The van der Waals surface area contributed by atoms with Crippen LogP contribution in [0.5, 0.6) is 0 Å². The number of carbonyl (C=O) groups is 1. The van der Waals surface area contributed by atoms with Crippen LogP contribution in [0.15, 0.2) is 16.8 Å². The number of hydrogen-bond donors (Lipinski definition) is 2. The molecule has 0 aliphatic rings. The zero-order valence-corrected chi connectivity index (χ0v) is 12.0. The average molecular weight is 268 g/mol. The molecular weight excluding hydrogens is 244 g/mol. The molecule has 0 saturated carbocycles. The Hall–Kier alpha value is -0.870. The van der Waals surface area contributed by atoms with E-state index < -0.39 is 0 Å². The van der Waals surface area contributed by atoms with E-state index in [9.17, 15) is 4.79 Å². The molecule has 1 amide bonds. The van der Waals surface area contributed by atoms with Crippen LogP contribution in [0.4, 0.5) is 0 Å². The first kappa shape index (κ1) is 15.2. The van der Waals surface area contributed by atoms with Crippen LogP contribution in [0.1, 0.15) is 44.6 Å². The second-order valence-electron chi connectivity index (χ2n) is 4.68. The molecule has 3 nitrogen and oxygen atoms in total. The second-order valence-corrected chi connectivity index (χ2v) is 5.46. The Balaban J connectivity index is 2.18. The minimum atomic E-state index is 0.152. The summed E-state index contributed by atoms with van der Waals surface area (Å²) in [4.78, 5) is 11.7. The van der Waals surface area contributed by atoms with Crippen molar-refractivity contribution in [3.8, 4) is 0 Å². The van der Waals surface area contributed by atoms with Gasteiger partial charge in [0.25, 0.3) is 0 Å². The molecule has 102 valence electrons. The van der Waals surface area contributed by atoms with E-state index in [0.717, 1.165) is 19.4 Å². The lowest BCUT2D eigenvalue weighted by Gasteiger charge is -2.14. The summed E-state index contributed by atoms with van der Waals surface area (Å²) in [6.45, 7) is 3.55. The maximum atomic E-state index is 11.7. The van der Waals surface area contributed by atoms with Gasteiger partial charge in [-0.2, -0.15) is 11.3 Å². The molecular formula is C14H24N2OS. The van der Waals surface area contributed by atoms with Crippen LogP contribution in [0.25, 0.3) is 0 Å². The highest BCUT2D eigenvalue weighted by atomic mass is 32.1. The summed E-state index contributed by atoms with van der Waals surface area (Å²) in [5.74, 6) is 0.756. The SMILES string of the molecule is CCCC(CCN)CCC(=O)NCc1ccsc1. The van der Waals surface area contributed by atoms with Gasteiger partial charge in [-0.25, -0.2) is 0 Å². The van der Waals surface area contributed by atoms with Crippen molar-refractivity contribution in [1.82, 2.24) is 5.32 Å². The molecule has 0 bridgehead atoms. The van der Waals surface area contributed by atoms with Gasteiger partial charge in [-0.15, -0.1) is 0 Å². The number of carbonyl (C=O) groups excluding carboxylic acids is 1. The molecule has 1 aromatic heterocycles. The molecule has 0 fully saturated rings. The van der Waals surface area contributed by atoms with Gasteiger partial charge in [-0.05, 0) is 47.7 Å². The molecule has 4 heteroatoms. The Morgan fingerprint density at radius 2 is 2.28 bits per heavy atom. The molecule has 0 saturated heterocycles. The first-order chi connectivity index (χ1) is 8.76. The highest BCUT2D eigenvalue weighted by Gasteiger charge is 2.09. The van der Waals surface area contributed by atoms with Crippen LogP contribution in [0.3, 0.4) is 0 Å². The summed E-state index contributed by atoms with van der Waals surface area (Å²) in [6.07, 6.45) is 4.96. The van der Waals surface area contributed by atoms with E-state index in [1.165, 1.54) is 18.4 Å². The van der Waals surface area contributed by atoms with Crippen molar-refractivity contribution >= 4 is 17.2 Å². The van der Waals surface area contributed by atoms with Crippen molar-refractivity contribution in [1.29, 1.82) is 0 Å². The van der Waals surface area contributed by atoms with Gasteiger partial charge in [0.05, 0.1) is 0 Å². The summed E-state index contributed by atoms with van der Waals surface area (Å²) in [5.41, 5.74) is 6.77. The van der Waals surface area contributed by atoms with Crippen LogP contribution in [0, 0.1) is 5.92 Å². The van der Waals surface area contributed by atoms with Gasteiger partial charge in [0.2, 0.25) is 5.91 Å². The monoisotopic (exact) mass is 268 g/mol. The molecule has 0 radical (unpaired) electrons. The van der Waals surface area contributed by atoms with Crippen LogP contribution >= 0.6 is 11.3 Å². The molecule has 1 aromatic rings. The van der Waals surface area contributed by atoms with Crippen LogP contribution < -0.4 is 11.1 Å². The minimum Gasteiger partial charge on any atom is -0.352 e. The molecule has 18 heavy (non-hydrogen) atoms. The molecule has 1 unspecified atom stereocenters. The molecule has 0 aliphatic heterocycles. The fourth-order valence-electron chi connectivity index (χ4n) is 2.09. The van der Waals surface area contributed by atoms with E-state index in [4.69, 9.17) is 5.73 Å². The lowest BCUT2D eigenvalue weighted by molar-refractivity contribution is -0.121. The lowest BCUT2D eigenvalue weighted by atomic mass is 9.94. The third-order valence-corrected chi connectivity index (χ3v) is 3.85. The molecule has 0 spiro atoms. The smallest absolute Gasteiger partial charge is 0.220 e. The fraction of sp³-hybridized carbons (Fsp3) is 0.643. The third-order valence-electron chi connectivity index (χ3n) is 3.12. The van der Waals surface area contributed by atoms with Crippen LogP contribution in [0.2, 0.25) is 0 Å². The zero-order chi connectivity index (χ0) is 13.2. The van der Waals surface area contributed by atoms with Crippen molar-refractivity contribution in [3.63, 3.8) is 0 Å². The predicted molar refractivity (Wildman–Crippen MR) is 77.5 cm³/mol. The Morgan fingerprint density at radius 1 is 1.44 bits per heavy atom.